The van der Waals surface area contributed by atoms with Crippen molar-refractivity contribution in [2.75, 3.05) is 19.7 Å². The van der Waals surface area contributed by atoms with Crippen LogP contribution in [0.15, 0.2) is 28.7 Å². The average Bonchev–Trinajstić information content (AvgIpc) is 3.21. The number of ether oxygens (including phenoxy) is 1. The molecule has 0 radical (unpaired) electrons. The summed E-state index contributed by atoms with van der Waals surface area (Å²) in [5, 5.41) is 0. The molecule has 3 aliphatic rings. The molecular formula is C19H24BrNO2. The molecule has 1 aliphatic carbocycles. The van der Waals surface area contributed by atoms with Crippen LogP contribution in [0.25, 0.3) is 0 Å². The van der Waals surface area contributed by atoms with Gasteiger partial charge in [0.2, 0.25) is 0 Å². The highest BCUT2D eigenvalue weighted by Crippen LogP contribution is 2.56. The fourth-order valence-corrected chi connectivity index (χ4v) is 4.74. The van der Waals surface area contributed by atoms with Crippen molar-refractivity contribution < 1.29 is 9.53 Å². The highest BCUT2D eigenvalue weighted by atomic mass is 79.9. The summed E-state index contributed by atoms with van der Waals surface area (Å²) in [6.45, 7) is 2.56. The molecule has 2 heterocycles. The highest BCUT2D eigenvalue weighted by Gasteiger charge is 2.51. The summed E-state index contributed by atoms with van der Waals surface area (Å²) in [5.74, 6) is 0.951. The summed E-state index contributed by atoms with van der Waals surface area (Å²) < 4.78 is 6.71. The lowest BCUT2D eigenvalue weighted by atomic mass is 9.77. The third-order valence-corrected chi connectivity index (χ3v) is 6.53. The molecule has 1 atom stereocenters. The van der Waals surface area contributed by atoms with Crippen LogP contribution in [0, 0.1) is 5.92 Å². The van der Waals surface area contributed by atoms with Crippen LogP contribution >= 0.6 is 15.9 Å². The van der Waals surface area contributed by atoms with Gasteiger partial charge in [-0.3, -0.25) is 4.79 Å². The van der Waals surface area contributed by atoms with Crippen LogP contribution in [-0.2, 0) is 14.9 Å². The van der Waals surface area contributed by atoms with Gasteiger partial charge in [0.15, 0.2) is 0 Å². The summed E-state index contributed by atoms with van der Waals surface area (Å²) >= 11 is 3.53. The first-order valence-electron chi connectivity index (χ1n) is 8.85. The van der Waals surface area contributed by atoms with Gasteiger partial charge in [-0.15, -0.1) is 0 Å². The Kier molecular flexibility index (Phi) is 4.22. The van der Waals surface area contributed by atoms with Gasteiger partial charge in [0.05, 0.1) is 0 Å². The molecule has 1 aromatic rings. The first-order valence-corrected chi connectivity index (χ1v) is 9.65. The van der Waals surface area contributed by atoms with Gasteiger partial charge >= 0.3 is 0 Å². The molecule has 0 N–H and O–H groups in total. The molecule has 0 spiro atoms. The number of halogens is 1. The largest absolute Gasteiger partial charge is 0.368 e. The zero-order chi connectivity index (χ0) is 15.9. The van der Waals surface area contributed by atoms with Gasteiger partial charge in [-0.25, -0.2) is 0 Å². The number of carbonyl (C=O) groups excluding carboxylic acids is 1. The van der Waals surface area contributed by atoms with E-state index in [0.29, 0.717) is 5.41 Å². The molecule has 2 aliphatic heterocycles. The Hall–Kier alpha value is -0.870. The Labute approximate surface area is 146 Å². The van der Waals surface area contributed by atoms with Crippen molar-refractivity contribution in [2.45, 2.75) is 50.0 Å². The standard InChI is InChI=1S/C19H24BrNO2/c20-16-5-3-14(4-6-16)19(9-10-19)15-7-11-21(12-8-15)18(22)17-2-1-13-23-17/h3-6,15,17H,1-2,7-13H2/t17-/m1/s1. The number of amides is 1. The molecule has 1 aromatic carbocycles. The number of likely N-dealkylation sites (tertiary alicyclic amines) is 1. The predicted octanol–water partition coefficient (Wildman–Crippen LogP) is 3.90. The van der Waals surface area contributed by atoms with Crippen molar-refractivity contribution in [3.8, 4) is 0 Å². The number of nitrogens with zero attached hydrogens (tertiary/aromatic N) is 1. The Balaban J connectivity index is 1.39. The summed E-state index contributed by atoms with van der Waals surface area (Å²) in [6, 6.07) is 8.87. The second-order valence-corrected chi connectivity index (χ2v) is 8.18. The summed E-state index contributed by atoms with van der Waals surface area (Å²) in [5.41, 5.74) is 1.88. The third kappa shape index (κ3) is 2.96. The summed E-state index contributed by atoms with van der Waals surface area (Å²) in [4.78, 5) is 14.5. The van der Waals surface area contributed by atoms with Crippen molar-refractivity contribution in [3.63, 3.8) is 0 Å². The Morgan fingerprint density at radius 1 is 1.13 bits per heavy atom. The van der Waals surface area contributed by atoms with E-state index in [0.717, 1.165) is 55.8 Å². The van der Waals surface area contributed by atoms with Crippen molar-refractivity contribution in [3.05, 3.63) is 34.3 Å². The summed E-state index contributed by atoms with van der Waals surface area (Å²) in [7, 11) is 0. The number of hydrogen-bond acceptors (Lipinski definition) is 2. The quantitative estimate of drug-likeness (QED) is 0.799. The van der Waals surface area contributed by atoms with Crippen molar-refractivity contribution in [1.82, 2.24) is 4.90 Å². The Bertz CT molecular complexity index is 568. The first-order chi connectivity index (χ1) is 11.2. The van der Waals surface area contributed by atoms with Crippen LogP contribution in [0.3, 0.4) is 0 Å². The van der Waals surface area contributed by atoms with E-state index in [1.165, 1.54) is 18.4 Å². The summed E-state index contributed by atoms with van der Waals surface area (Å²) in [6.07, 6.45) is 6.65. The topological polar surface area (TPSA) is 29.5 Å². The lowest BCUT2D eigenvalue weighted by Gasteiger charge is -2.37. The zero-order valence-electron chi connectivity index (χ0n) is 13.5. The maximum Gasteiger partial charge on any atom is 0.251 e. The second-order valence-electron chi connectivity index (χ2n) is 7.26. The molecule has 0 bridgehead atoms. The van der Waals surface area contributed by atoms with E-state index in [4.69, 9.17) is 4.74 Å². The maximum atomic E-state index is 12.5. The van der Waals surface area contributed by atoms with Crippen LogP contribution in [0.2, 0.25) is 0 Å². The number of hydrogen-bond donors (Lipinski definition) is 0. The number of piperidine rings is 1. The molecule has 124 valence electrons. The average molecular weight is 378 g/mol. The molecule has 1 saturated carbocycles. The van der Waals surface area contributed by atoms with E-state index >= 15 is 0 Å². The third-order valence-electron chi connectivity index (χ3n) is 6.00. The van der Waals surface area contributed by atoms with Gasteiger partial charge in [-0.05, 0) is 67.6 Å². The molecule has 23 heavy (non-hydrogen) atoms. The number of benzene rings is 1. The Morgan fingerprint density at radius 2 is 1.83 bits per heavy atom. The highest BCUT2D eigenvalue weighted by molar-refractivity contribution is 9.10. The monoisotopic (exact) mass is 377 g/mol. The molecular weight excluding hydrogens is 354 g/mol. The molecule has 4 heteroatoms. The van der Waals surface area contributed by atoms with Gasteiger partial charge in [-0.2, -0.15) is 0 Å². The van der Waals surface area contributed by atoms with Crippen LogP contribution in [0.4, 0.5) is 0 Å². The lowest BCUT2D eigenvalue weighted by molar-refractivity contribution is -0.142. The zero-order valence-corrected chi connectivity index (χ0v) is 15.1. The number of carbonyl (C=O) groups is 1. The van der Waals surface area contributed by atoms with Crippen molar-refractivity contribution >= 4 is 21.8 Å². The van der Waals surface area contributed by atoms with E-state index < -0.39 is 0 Å². The van der Waals surface area contributed by atoms with E-state index in [1.54, 1.807) is 0 Å². The number of rotatable bonds is 3. The fourth-order valence-electron chi connectivity index (χ4n) is 4.48. The predicted molar refractivity (Wildman–Crippen MR) is 93.3 cm³/mol. The van der Waals surface area contributed by atoms with Crippen LogP contribution in [-0.4, -0.2) is 36.6 Å². The molecule has 0 aromatic heterocycles. The second kappa shape index (κ2) is 6.21. The Morgan fingerprint density at radius 3 is 2.39 bits per heavy atom. The van der Waals surface area contributed by atoms with Gasteiger partial charge in [0.25, 0.3) is 5.91 Å². The van der Waals surface area contributed by atoms with E-state index in [1.807, 2.05) is 4.90 Å². The van der Waals surface area contributed by atoms with Gasteiger partial charge in [-0.1, -0.05) is 28.1 Å². The molecule has 3 fully saturated rings. The fraction of sp³-hybridized carbons (Fsp3) is 0.632. The van der Waals surface area contributed by atoms with Crippen molar-refractivity contribution in [2.24, 2.45) is 5.92 Å². The molecule has 0 unspecified atom stereocenters. The minimum absolute atomic E-state index is 0.159. The van der Waals surface area contributed by atoms with Crippen LogP contribution in [0.5, 0.6) is 0 Å². The van der Waals surface area contributed by atoms with Crippen LogP contribution < -0.4 is 0 Å². The molecule has 4 rings (SSSR count). The maximum absolute atomic E-state index is 12.5. The van der Waals surface area contributed by atoms with Gasteiger partial charge in [0.1, 0.15) is 6.10 Å². The van der Waals surface area contributed by atoms with Crippen LogP contribution in [0.1, 0.15) is 44.1 Å². The van der Waals surface area contributed by atoms with E-state index in [-0.39, 0.29) is 12.0 Å². The molecule has 1 amide bonds. The minimum atomic E-state index is -0.159. The molecule has 2 saturated heterocycles. The minimum Gasteiger partial charge on any atom is -0.368 e. The normalized spacial score (nSPS) is 27.2. The van der Waals surface area contributed by atoms with Gasteiger partial charge in [0, 0.05) is 24.2 Å². The van der Waals surface area contributed by atoms with E-state index in [2.05, 4.69) is 40.2 Å². The SMILES string of the molecule is O=C([C@H]1CCCO1)N1CCC(C2(c3ccc(Br)cc3)CC2)CC1. The first kappa shape index (κ1) is 15.6. The van der Waals surface area contributed by atoms with E-state index in [9.17, 15) is 4.79 Å². The van der Waals surface area contributed by atoms with Gasteiger partial charge < -0.3 is 9.64 Å². The molecule has 3 nitrogen and oxygen atoms in total. The smallest absolute Gasteiger partial charge is 0.251 e. The van der Waals surface area contributed by atoms with Crippen molar-refractivity contribution in [1.29, 1.82) is 0 Å². The lowest BCUT2D eigenvalue weighted by Crippen LogP contribution is -2.45.